The quantitative estimate of drug-likeness (QED) is 0.625. The highest BCUT2D eigenvalue weighted by Crippen LogP contribution is 2.32. The molecule has 0 aliphatic carbocycles. The number of ether oxygens (including phenoxy) is 1. The average Bonchev–Trinajstić information content (AvgIpc) is 3.12. The molecule has 1 aromatic rings. The molecule has 3 amide bonds. The van der Waals surface area contributed by atoms with Gasteiger partial charge in [-0.2, -0.15) is 0 Å². The van der Waals surface area contributed by atoms with Crippen LogP contribution in [0.5, 0.6) is 5.75 Å². The first-order valence-corrected chi connectivity index (χ1v) is 10.2. The molecule has 29 heavy (non-hydrogen) atoms. The number of nitrogens with zero attached hydrogens (tertiary/aromatic N) is 2. The minimum atomic E-state index is -0.360. The summed E-state index contributed by atoms with van der Waals surface area (Å²) in [6.07, 6.45) is 2.84. The average molecular weight is 402 g/mol. The minimum Gasteiger partial charge on any atom is -0.495 e. The summed E-state index contributed by atoms with van der Waals surface area (Å²) in [7, 11) is 1.57. The van der Waals surface area contributed by atoms with E-state index < -0.39 is 0 Å². The number of carbonyl (C=O) groups excluding carboxylic acids is 3. The maximum Gasteiger partial charge on any atom is 0.227 e. The molecule has 3 N–H and O–H groups in total. The van der Waals surface area contributed by atoms with Crippen LogP contribution in [0.15, 0.2) is 24.3 Å². The molecule has 8 nitrogen and oxygen atoms in total. The Morgan fingerprint density at radius 2 is 2.03 bits per heavy atom. The minimum absolute atomic E-state index is 0.0659. The molecule has 2 heterocycles. The molecular formula is C21H30N4O4. The van der Waals surface area contributed by atoms with Crippen LogP contribution in [0.25, 0.3) is 0 Å². The number of hydrogen-bond acceptors (Lipinski definition) is 5. The van der Waals surface area contributed by atoms with Crippen LogP contribution in [-0.4, -0.2) is 62.5 Å². The molecule has 0 bridgehead atoms. The third kappa shape index (κ3) is 5.26. The van der Waals surface area contributed by atoms with Crippen molar-refractivity contribution in [3.05, 3.63) is 24.3 Å². The van der Waals surface area contributed by atoms with Crippen molar-refractivity contribution in [1.82, 2.24) is 10.2 Å². The fraction of sp³-hybridized carbons (Fsp3) is 0.571. The van der Waals surface area contributed by atoms with Crippen molar-refractivity contribution in [3.63, 3.8) is 0 Å². The van der Waals surface area contributed by atoms with Gasteiger partial charge in [0, 0.05) is 26.1 Å². The van der Waals surface area contributed by atoms with Crippen molar-refractivity contribution in [2.45, 2.75) is 25.7 Å². The number of likely N-dealkylation sites (tertiary alicyclic amines) is 1. The summed E-state index contributed by atoms with van der Waals surface area (Å²) in [5.74, 6) is -0.193. The van der Waals surface area contributed by atoms with E-state index >= 15 is 0 Å². The van der Waals surface area contributed by atoms with Crippen LogP contribution in [0, 0.1) is 11.8 Å². The number of para-hydroxylation sites is 2. The summed E-state index contributed by atoms with van der Waals surface area (Å²) in [6, 6.07) is 7.33. The van der Waals surface area contributed by atoms with Crippen molar-refractivity contribution in [2.75, 3.05) is 44.7 Å². The Balaban J connectivity index is 1.43. The fourth-order valence-electron chi connectivity index (χ4n) is 4.12. The van der Waals surface area contributed by atoms with E-state index in [9.17, 15) is 14.4 Å². The van der Waals surface area contributed by atoms with Gasteiger partial charge in [0.1, 0.15) is 5.75 Å². The van der Waals surface area contributed by atoms with E-state index in [4.69, 9.17) is 10.5 Å². The number of methoxy groups -OCH3 is 1. The highest BCUT2D eigenvalue weighted by molar-refractivity contribution is 6.01. The molecule has 158 valence electrons. The van der Waals surface area contributed by atoms with Gasteiger partial charge in [0.15, 0.2) is 0 Å². The van der Waals surface area contributed by atoms with Gasteiger partial charge in [0.25, 0.3) is 0 Å². The summed E-state index contributed by atoms with van der Waals surface area (Å²) in [5.41, 5.74) is 6.11. The third-order valence-corrected chi connectivity index (χ3v) is 5.73. The lowest BCUT2D eigenvalue weighted by atomic mass is 9.97. The lowest BCUT2D eigenvalue weighted by Gasteiger charge is -2.31. The number of carbonyl (C=O) groups is 3. The van der Waals surface area contributed by atoms with Crippen LogP contribution in [0.2, 0.25) is 0 Å². The monoisotopic (exact) mass is 402 g/mol. The van der Waals surface area contributed by atoms with Crippen LogP contribution < -0.4 is 20.7 Å². The Bertz CT molecular complexity index is 754. The van der Waals surface area contributed by atoms with Crippen LogP contribution in [0.4, 0.5) is 5.69 Å². The van der Waals surface area contributed by atoms with Crippen molar-refractivity contribution in [3.8, 4) is 5.75 Å². The first-order valence-electron chi connectivity index (χ1n) is 10.2. The number of hydrogen-bond donors (Lipinski definition) is 2. The lowest BCUT2D eigenvalue weighted by Crippen LogP contribution is -2.42. The number of amides is 3. The first kappa shape index (κ1) is 21.1. The standard InChI is InChI=1S/C21H30N4O4/c1-29-18-8-3-2-7-17(18)25-14-16(12-19(25)26)21(28)23-9-5-11-24-10-4-6-15(13-24)20(22)27/h2-3,7-8,15-16H,4-6,9-14H2,1H3,(H2,22,27)(H,23,28). The largest absolute Gasteiger partial charge is 0.495 e. The van der Waals surface area contributed by atoms with Gasteiger partial charge in [-0.15, -0.1) is 0 Å². The van der Waals surface area contributed by atoms with Gasteiger partial charge >= 0.3 is 0 Å². The maximum absolute atomic E-state index is 12.5. The van der Waals surface area contributed by atoms with Crippen molar-refractivity contribution in [2.24, 2.45) is 17.6 Å². The Kier molecular flexibility index (Phi) is 7.09. The van der Waals surface area contributed by atoms with Crippen molar-refractivity contribution in [1.29, 1.82) is 0 Å². The van der Waals surface area contributed by atoms with Crippen LogP contribution in [0.1, 0.15) is 25.7 Å². The molecule has 1 aromatic carbocycles. The summed E-state index contributed by atoms with van der Waals surface area (Å²) in [4.78, 5) is 40.2. The smallest absolute Gasteiger partial charge is 0.227 e. The van der Waals surface area contributed by atoms with E-state index in [0.717, 1.165) is 32.4 Å². The van der Waals surface area contributed by atoms with Gasteiger partial charge in [-0.3, -0.25) is 14.4 Å². The molecule has 0 radical (unpaired) electrons. The zero-order valence-corrected chi connectivity index (χ0v) is 16.9. The SMILES string of the molecule is COc1ccccc1N1CC(C(=O)NCCCN2CCCC(C(N)=O)C2)CC1=O. The molecule has 0 spiro atoms. The van der Waals surface area contributed by atoms with E-state index in [1.807, 2.05) is 18.2 Å². The van der Waals surface area contributed by atoms with Gasteiger partial charge in [-0.05, 0) is 44.5 Å². The zero-order chi connectivity index (χ0) is 20.8. The summed E-state index contributed by atoms with van der Waals surface area (Å²) < 4.78 is 5.33. The van der Waals surface area contributed by atoms with Gasteiger partial charge in [0.05, 0.1) is 24.6 Å². The molecule has 2 unspecified atom stereocenters. The first-order chi connectivity index (χ1) is 14.0. The molecule has 3 rings (SSSR count). The van der Waals surface area contributed by atoms with Gasteiger partial charge in [-0.25, -0.2) is 0 Å². The normalized spacial score (nSPS) is 22.5. The second-order valence-electron chi connectivity index (χ2n) is 7.76. The molecule has 8 heteroatoms. The molecule has 0 saturated carbocycles. The second kappa shape index (κ2) is 9.73. The number of nitrogens with two attached hydrogens (primary N) is 1. The summed E-state index contributed by atoms with van der Waals surface area (Å²) in [5, 5.41) is 2.95. The predicted molar refractivity (Wildman–Crippen MR) is 109 cm³/mol. The Hall–Kier alpha value is -2.61. The number of anilines is 1. The predicted octanol–water partition coefficient (Wildman–Crippen LogP) is 0.752. The molecule has 2 atom stereocenters. The molecule has 2 fully saturated rings. The highest BCUT2D eigenvalue weighted by Gasteiger charge is 2.36. The summed E-state index contributed by atoms with van der Waals surface area (Å²) >= 11 is 0. The Labute approximate surface area is 171 Å². The Morgan fingerprint density at radius 3 is 2.79 bits per heavy atom. The second-order valence-corrected chi connectivity index (χ2v) is 7.76. The number of nitrogens with one attached hydrogen (secondary N) is 1. The molecule has 2 aliphatic heterocycles. The van der Waals surface area contributed by atoms with Gasteiger partial charge < -0.3 is 25.6 Å². The highest BCUT2D eigenvalue weighted by atomic mass is 16.5. The summed E-state index contributed by atoms with van der Waals surface area (Å²) in [6.45, 7) is 3.39. The maximum atomic E-state index is 12.5. The van der Waals surface area contributed by atoms with E-state index in [1.165, 1.54) is 0 Å². The number of piperidine rings is 1. The van der Waals surface area contributed by atoms with Crippen molar-refractivity contribution < 1.29 is 19.1 Å². The van der Waals surface area contributed by atoms with Gasteiger partial charge in [-0.1, -0.05) is 12.1 Å². The van der Waals surface area contributed by atoms with Crippen LogP contribution in [-0.2, 0) is 14.4 Å². The Morgan fingerprint density at radius 1 is 1.24 bits per heavy atom. The van der Waals surface area contributed by atoms with E-state index in [1.54, 1.807) is 18.1 Å². The molecule has 0 aromatic heterocycles. The van der Waals surface area contributed by atoms with Gasteiger partial charge in [0.2, 0.25) is 17.7 Å². The molecule has 2 aliphatic rings. The van der Waals surface area contributed by atoms with Crippen LogP contribution in [0.3, 0.4) is 0 Å². The van der Waals surface area contributed by atoms with Crippen LogP contribution >= 0.6 is 0 Å². The third-order valence-electron chi connectivity index (χ3n) is 5.73. The lowest BCUT2D eigenvalue weighted by molar-refractivity contribution is -0.126. The topological polar surface area (TPSA) is 105 Å². The number of rotatable bonds is 8. The molecule has 2 saturated heterocycles. The fourth-order valence-corrected chi connectivity index (χ4v) is 4.12. The zero-order valence-electron chi connectivity index (χ0n) is 16.9. The van der Waals surface area contributed by atoms with E-state index in [0.29, 0.717) is 31.1 Å². The van der Waals surface area contributed by atoms with Crippen molar-refractivity contribution >= 4 is 23.4 Å². The molecular weight excluding hydrogens is 372 g/mol. The number of primary amides is 1. The van der Waals surface area contributed by atoms with E-state index in [-0.39, 0.29) is 36.0 Å². The van der Waals surface area contributed by atoms with E-state index in [2.05, 4.69) is 10.2 Å². The number of benzene rings is 1.